The van der Waals surface area contributed by atoms with Crippen molar-refractivity contribution < 1.29 is 4.74 Å². The maximum absolute atomic E-state index is 5.21. The van der Waals surface area contributed by atoms with E-state index in [-0.39, 0.29) is 0 Å². The predicted octanol–water partition coefficient (Wildman–Crippen LogP) is 4.41. The zero-order valence-electron chi connectivity index (χ0n) is 11.6. The van der Waals surface area contributed by atoms with E-state index >= 15 is 0 Å². The normalized spacial score (nSPS) is 14.0. The van der Waals surface area contributed by atoms with Crippen LogP contribution in [0.15, 0.2) is 46.9 Å². The molecule has 3 heteroatoms. The third-order valence-corrected chi connectivity index (χ3v) is 4.29. The van der Waals surface area contributed by atoms with E-state index in [0.717, 1.165) is 23.3 Å². The fourth-order valence-corrected chi connectivity index (χ4v) is 3.09. The number of aryl methyl sites for hydroxylation is 1. The minimum absolute atomic E-state index is 0.913. The molecule has 0 unspecified atom stereocenters. The molecule has 1 aliphatic rings. The van der Waals surface area contributed by atoms with Crippen molar-refractivity contribution >= 4 is 21.6 Å². The van der Waals surface area contributed by atoms with E-state index in [2.05, 4.69) is 51.2 Å². The van der Waals surface area contributed by atoms with Crippen LogP contribution in [0.25, 0.3) is 0 Å². The standard InChI is InChI=1S/C17H18BrNO/c1-20-16-8-4-13(5-9-16)12-19-10-2-3-14-6-7-15(18)11-17(14)19/h4-9,11H,2-3,10,12H2,1H3. The maximum atomic E-state index is 5.21. The Kier molecular flexibility index (Phi) is 3.97. The van der Waals surface area contributed by atoms with Crippen molar-refractivity contribution in [2.75, 3.05) is 18.6 Å². The number of ether oxygens (including phenoxy) is 1. The van der Waals surface area contributed by atoms with Crippen LogP contribution in [-0.4, -0.2) is 13.7 Å². The van der Waals surface area contributed by atoms with Crippen molar-refractivity contribution in [3.8, 4) is 5.75 Å². The van der Waals surface area contributed by atoms with Crippen LogP contribution >= 0.6 is 15.9 Å². The summed E-state index contributed by atoms with van der Waals surface area (Å²) in [6.45, 7) is 2.07. The van der Waals surface area contributed by atoms with Gasteiger partial charge in [-0.3, -0.25) is 0 Å². The Morgan fingerprint density at radius 1 is 1.15 bits per heavy atom. The number of nitrogens with zero attached hydrogens (tertiary/aromatic N) is 1. The fraction of sp³-hybridized carbons (Fsp3) is 0.294. The third-order valence-electron chi connectivity index (χ3n) is 3.79. The Labute approximate surface area is 128 Å². The van der Waals surface area contributed by atoms with E-state index < -0.39 is 0 Å². The Balaban J connectivity index is 1.83. The lowest BCUT2D eigenvalue weighted by molar-refractivity contribution is 0.414. The van der Waals surface area contributed by atoms with Gasteiger partial charge in [-0.25, -0.2) is 0 Å². The quantitative estimate of drug-likeness (QED) is 0.825. The van der Waals surface area contributed by atoms with Crippen molar-refractivity contribution in [2.45, 2.75) is 19.4 Å². The molecule has 0 radical (unpaired) electrons. The minimum Gasteiger partial charge on any atom is -0.497 e. The van der Waals surface area contributed by atoms with Crippen LogP contribution in [0.4, 0.5) is 5.69 Å². The number of fused-ring (bicyclic) bond motifs is 1. The number of benzene rings is 2. The fourth-order valence-electron chi connectivity index (χ4n) is 2.74. The first-order valence-electron chi connectivity index (χ1n) is 6.92. The van der Waals surface area contributed by atoms with Gasteiger partial charge in [-0.1, -0.05) is 34.1 Å². The second-order valence-corrected chi connectivity index (χ2v) is 6.06. The Bertz CT molecular complexity index is 594. The van der Waals surface area contributed by atoms with Gasteiger partial charge in [-0.15, -0.1) is 0 Å². The number of rotatable bonds is 3. The molecule has 0 bridgehead atoms. The molecule has 0 fully saturated rings. The number of halogens is 1. The summed E-state index contributed by atoms with van der Waals surface area (Å²) in [6.07, 6.45) is 2.41. The van der Waals surface area contributed by atoms with Gasteiger partial charge in [-0.05, 0) is 48.2 Å². The molecular formula is C17H18BrNO. The second kappa shape index (κ2) is 5.88. The first-order valence-corrected chi connectivity index (χ1v) is 7.72. The Morgan fingerprint density at radius 3 is 2.70 bits per heavy atom. The number of hydrogen-bond acceptors (Lipinski definition) is 2. The van der Waals surface area contributed by atoms with Crippen LogP contribution in [0.1, 0.15) is 17.5 Å². The summed E-state index contributed by atoms with van der Waals surface area (Å²) < 4.78 is 6.36. The van der Waals surface area contributed by atoms with Crippen LogP contribution in [0.3, 0.4) is 0 Å². The molecule has 0 amide bonds. The van der Waals surface area contributed by atoms with Crippen LogP contribution < -0.4 is 9.64 Å². The van der Waals surface area contributed by atoms with Crippen molar-refractivity contribution in [1.82, 2.24) is 0 Å². The summed E-state index contributed by atoms with van der Waals surface area (Å²) in [6, 6.07) is 15.0. The molecule has 0 aliphatic carbocycles. The molecule has 20 heavy (non-hydrogen) atoms. The van der Waals surface area contributed by atoms with Gasteiger partial charge in [0.2, 0.25) is 0 Å². The van der Waals surface area contributed by atoms with Crippen LogP contribution in [0.2, 0.25) is 0 Å². The van der Waals surface area contributed by atoms with Crippen LogP contribution in [0, 0.1) is 0 Å². The number of hydrogen-bond donors (Lipinski definition) is 0. The molecule has 0 saturated heterocycles. The van der Waals surface area contributed by atoms with E-state index in [0.29, 0.717) is 0 Å². The van der Waals surface area contributed by atoms with E-state index in [9.17, 15) is 0 Å². The molecule has 3 rings (SSSR count). The van der Waals surface area contributed by atoms with Gasteiger partial charge in [0, 0.05) is 23.2 Å². The summed E-state index contributed by atoms with van der Waals surface area (Å²) in [4.78, 5) is 2.46. The van der Waals surface area contributed by atoms with Crippen molar-refractivity contribution in [3.63, 3.8) is 0 Å². The van der Waals surface area contributed by atoms with E-state index in [4.69, 9.17) is 4.74 Å². The number of methoxy groups -OCH3 is 1. The zero-order chi connectivity index (χ0) is 13.9. The highest BCUT2D eigenvalue weighted by atomic mass is 79.9. The lowest BCUT2D eigenvalue weighted by atomic mass is 10.0. The van der Waals surface area contributed by atoms with Gasteiger partial charge in [0.05, 0.1) is 7.11 Å². The molecular weight excluding hydrogens is 314 g/mol. The van der Waals surface area contributed by atoms with Crippen molar-refractivity contribution in [2.24, 2.45) is 0 Å². The van der Waals surface area contributed by atoms with Crippen LogP contribution in [-0.2, 0) is 13.0 Å². The molecule has 0 atom stereocenters. The monoisotopic (exact) mass is 331 g/mol. The SMILES string of the molecule is COc1ccc(CN2CCCc3ccc(Br)cc32)cc1. The predicted molar refractivity (Wildman–Crippen MR) is 86.5 cm³/mol. The lowest BCUT2D eigenvalue weighted by Gasteiger charge is -2.31. The molecule has 0 spiro atoms. The van der Waals surface area contributed by atoms with E-state index in [1.807, 2.05) is 12.1 Å². The second-order valence-electron chi connectivity index (χ2n) is 5.15. The molecule has 0 aromatic heterocycles. The van der Waals surface area contributed by atoms with Gasteiger partial charge in [-0.2, -0.15) is 0 Å². The van der Waals surface area contributed by atoms with Gasteiger partial charge < -0.3 is 9.64 Å². The van der Waals surface area contributed by atoms with E-state index in [1.54, 1.807) is 7.11 Å². The number of anilines is 1. The highest BCUT2D eigenvalue weighted by Gasteiger charge is 2.17. The molecule has 2 aromatic rings. The third kappa shape index (κ3) is 2.83. The van der Waals surface area contributed by atoms with Gasteiger partial charge in [0.15, 0.2) is 0 Å². The zero-order valence-corrected chi connectivity index (χ0v) is 13.2. The Hall–Kier alpha value is -1.48. The molecule has 1 heterocycles. The largest absolute Gasteiger partial charge is 0.497 e. The van der Waals surface area contributed by atoms with Crippen molar-refractivity contribution in [3.05, 3.63) is 58.1 Å². The van der Waals surface area contributed by atoms with Gasteiger partial charge >= 0.3 is 0 Å². The first kappa shape index (κ1) is 13.5. The maximum Gasteiger partial charge on any atom is 0.118 e. The lowest BCUT2D eigenvalue weighted by Crippen LogP contribution is -2.28. The topological polar surface area (TPSA) is 12.5 Å². The average molecular weight is 332 g/mol. The first-order chi connectivity index (χ1) is 9.76. The molecule has 2 aromatic carbocycles. The molecule has 104 valence electrons. The van der Waals surface area contributed by atoms with Gasteiger partial charge in [0.1, 0.15) is 5.75 Å². The summed E-state index contributed by atoms with van der Waals surface area (Å²) >= 11 is 3.58. The highest BCUT2D eigenvalue weighted by molar-refractivity contribution is 9.10. The molecule has 1 aliphatic heterocycles. The Morgan fingerprint density at radius 2 is 1.95 bits per heavy atom. The summed E-state index contributed by atoms with van der Waals surface area (Å²) in [7, 11) is 1.70. The molecule has 0 saturated carbocycles. The average Bonchev–Trinajstić information content (AvgIpc) is 2.49. The van der Waals surface area contributed by atoms with Gasteiger partial charge in [0.25, 0.3) is 0 Å². The summed E-state index contributed by atoms with van der Waals surface area (Å²) in [5.41, 5.74) is 4.13. The van der Waals surface area contributed by atoms with E-state index in [1.165, 1.54) is 29.7 Å². The highest BCUT2D eigenvalue weighted by Crippen LogP contribution is 2.31. The smallest absolute Gasteiger partial charge is 0.118 e. The molecule has 2 nitrogen and oxygen atoms in total. The minimum atomic E-state index is 0.913. The molecule has 0 N–H and O–H groups in total. The van der Waals surface area contributed by atoms with Crippen LogP contribution in [0.5, 0.6) is 5.75 Å². The summed E-state index contributed by atoms with van der Waals surface area (Å²) in [5, 5.41) is 0. The van der Waals surface area contributed by atoms with Crippen molar-refractivity contribution in [1.29, 1.82) is 0 Å². The summed E-state index contributed by atoms with van der Waals surface area (Å²) in [5.74, 6) is 0.913.